The third-order valence-electron chi connectivity index (χ3n) is 1.81. The Morgan fingerprint density at radius 2 is 2.29 bits per heavy atom. The monoisotopic (exact) mass is 255 g/mol. The number of aromatic amines is 1. The number of carbonyl (C=O) groups excluding carboxylic acids is 1. The molecule has 0 saturated heterocycles. The molecule has 0 aromatic carbocycles. The zero-order valence-corrected chi connectivity index (χ0v) is 8.50. The van der Waals surface area contributed by atoms with E-state index in [1.807, 2.05) is 0 Å². The van der Waals surface area contributed by atoms with Crippen LogP contribution in [-0.4, -0.2) is 20.9 Å². The second-order valence-electron chi connectivity index (χ2n) is 2.65. The molecule has 7 heteroatoms. The zero-order chi connectivity index (χ0) is 10.3. The molecule has 72 valence electrons. The van der Waals surface area contributed by atoms with Crippen molar-refractivity contribution in [2.75, 3.05) is 5.73 Å². The summed E-state index contributed by atoms with van der Waals surface area (Å²) >= 11 is 3.13. The number of amides is 1. The van der Waals surface area contributed by atoms with Crippen molar-refractivity contribution in [3.05, 3.63) is 16.5 Å². The highest BCUT2D eigenvalue weighted by Gasteiger charge is 2.23. The molecule has 0 fully saturated rings. The van der Waals surface area contributed by atoms with Gasteiger partial charge in [0.2, 0.25) is 0 Å². The van der Waals surface area contributed by atoms with Gasteiger partial charge in [-0.15, -0.1) is 0 Å². The highest BCUT2D eigenvalue weighted by molar-refractivity contribution is 9.10. The first-order valence-corrected chi connectivity index (χ1v) is 4.48. The second kappa shape index (κ2) is 2.95. The molecule has 0 aromatic rings. The van der Waals surface area contributed by atoms with Crippen LogP contribution in [0, 0.1) is 0 Å². The highest BCUT2D eigenvalue weighted by Crippen LogP contribution is 2.32. The summed E-state index contributed by atoms with van der Waals surface area (Å²) in [5, 5.41) is 0. The Morgan fingerprint density at radius 3 is 2.93 bits per heavy atom. The smallest absolute Gasteiger partial charge is 0.252 e. The van der Waals surface area contributed by atoms with Gasteiger partial charge in [0.25, 0.3) is 5.91 Å². The largest absolute Gasteiger partial charge is 0.383 e. The molecule has 0 bridgehead atoms. The van der Waals surface area contributed by atoms with Crippen molar-refractivity contribution >= 4 is 27.7 Å². The molecule has 0 aliphatic carbocycles. The first kappa shape index (κ1) is 8.95. The summed E-state index contributed by atoms with van der Waals surface area (Å²) in [6.45, 7) is 0. The molecule has 5 N–H and O–H groups in total. The van der Waals surface area contributed by atoms with E-state index in [0.717, 1.165) is 0 Å². The maximum absolute atomic E-state index is 11.1. The lowest BCUT2D eigenvalue weighted by atomic mass is 10.1. The average Bonchev–Trinajstić information content (AvgIpc) is 2.42. The Hall–Kier alpha value is -1.63. The Kier molecular flexibility index (Phi) is 1.88. The minimum absolute atomic E-state index is 0.228. The minimum Gasteiger partial charge on any atom is -0.383 e. The number of rotatable bonds is 1. The number of carbonyl (C=O) groups is 1. The van der Waals surface area contributed by atoms with E-state index in [1.165, 1.54) is 6.33 Å². The number of hydrogen-bond acceptors (Lipinski definition) is 4. The molecule has 0 saturated carbocycles. The number of H-pyrrole nitrogens is 1. The normalized spacial score (nSPS) is 10.6. The summed E-state index contributed by atoms with van der Waals surface area (Å²) in [7, 11) is 0. The Bertz CT molecular complexity index is 479. The van der Waals surface area contributed by atoms with Gasteiger partial charge < -0.3 is 16.5 Å². The first-order valence-electron chi connectivity index (χ1n) is 3.69. The van der Waals surface area contributed by atoms with Crippen LogP contribution in [0.5, 0.6) is 0 Å². The average molecular weight is 256 g/mol. The number of primary amides is 1. The van der Waals surface area contributed by atoms with Gasteiger partial charge in [0.05, 0.1) is 17.5 Å². The summed E-state index contributed by atoms with van der Waals surface area (Å²) in [5.74, 6) is 0.122. The molecule has 0 radical (unpaired) electrons. The molecule has 2 aliphatic heterocycles. The van der Waals surface area contributed by atoms with Crippen LogP contribution < -0.4 is 11.5 Å². The molecular formula is C7H6BrN5O. The Morgan fingerprint density at radius 1 is 1.57 bits per heavy atom. The number of halogens is 1. The summed E-state index contributed by atoms with van der Waals surface area (Å²) in [6, 6.07) is 0. The quantitative estimate of drug-likeness (QED) is 0.683. The van der Waals surface area contributed by atoms with Crippen LogP contribution in [0.4, 0.5) is 5.82 Å². The van der Waals surface area contributed by atoms with Crippen LogP contribution in [0.3, 0.4) is 0 Å². The SMILES string of the molecule is NC(=O)c1c(Br)nc2[nH]cnc(N)c1-2. The Balaban J connectivity index is 2.84. The fourth-order valence-electron chi connectivity index (χ4n) is 1.24. The van der Waals surface area contributed by atoms with Crippen molar-refractivity contribution in [1.82, 2.24) is 15.0 Å². The summed E-state index contributed by atoms with van der Waals surface area (Å²) in [6.07, 6.45) is 1.40. The molecule has 0 aromatic heterocycles. The van der Waals surface area contributed by atoms with Gasteiger partial charge in [0.15, 0.2) is 0 Å². The second-order valence-corrected chi connectivity index (χ2v) is 3.40. The van der Waals surface area contributed by atoms with Crippen LogP contribution in [0.2, 0.25) is 0 Å². The molecule has 0 unspecified atom stereocenters. The third-order valence-corrected chi connectivity index (χ3v) is 2.38. The number of fused-ring (bicyclic) bond motifs is 1. The molecule has 1 amide bonds. The van der Waals surface area contributed by atoms with Gasteiger partial charge >= 0.3 is 0 Å². The summed E-state index contributed by atoms with van der Waals surface area (Å²) in [4.78, 5) is 21.7. The van der Waals surface area contributed by atoms with Crippen LogP contribution in [0.15, 0.2) is 10.9 Å². The van der Waals surface area contributed by atoms with E-state index in [-0.39, 0.29) is 11.4 Å². The van der Waals surface area contributed by atoms with Gasteiger partial charge in [0, 0.05) is 0 Å². The van der Waals surface area contributed by atoms with E-state index in [1.54, 1.807) is 0 Å². The van der Waals surface area contributed by atoms with Crippen molar-refractivity contribution in [2.24, 2.45) is 5.73 Å². The maximum Gasteiger partial charge on any atom is 0.252 e. The van der Waals surface area contributed by atoms with Crippen molar-refractivity contribution in [3.8, 4) is 11.4 Å². The van der Waals surface area contributed by atoms with Gasteiger partial charge in [-0.2, -0.15) is 0 Å². The first-order chi connectivity index (χ1) is 6.61. The van der Waals surface area contributed by atoms with Gasteiger partial charge in [-0.1, -0.05) is 0 Å². The van der Waals surface area contributed by atoms with E-state index in [2.05, 4.69) is 30.9 Å². The van der Waals surface area contributed by atoms with Gasteiger partial charge in [-0.3, -0.25) is 4.79 Å². The zero-order valence-electron chi connectivity index (χ0n) is 6.91. The van der Waals surface area contributed by atoms with E-state index >= 15 is 0 Å². The van der Waals surface area contributed by atoms with Crippen LogP contribution in [-0.2, 0) is 0 Å². The molecule has 2 rings (SSSR count). The predicted molar refractivity (Wildman–Crippen MR) is 53.6 cm³/mol. The lowest BCUT2D eigenvalue weighted by Gasteiger charge is -2.01. The minimum atomic E-state index is -0.590. The fourth-order valence-corrected chi connectivity index (χ4v) is 1.81. The van der Waals surface area contributed by atoms with Crippen LogP contribution in [0.1, 0.15) is 10.4 Å². The summed E-state index contributed by atoms with van der Waals surface area (Å²) < 4.78 is 0.371. The number of hydrogen-bond donors (Lipinski definition) is 3. The van der Waals surface area contributed by atoms with Crippen molar-refractivity contribution < 1.29 is 4.79 Å². The lowest BCUT2D eigenvalue weighted by Crippen LogP contribution is -2.12. The molecule has 14 heavy (non-hydrogen) atoms. The topological polar surface area (TPSA) is 111 Å². The number of aromatic nitrogens is 3. The van der Waals surface area contributed by atoms with E-state index in [0.29, 0.717) is 16.0 Å². The van der Waals surface area contributed by atoms with E-state index in [4.69, 9.17) is 11.5 Å². The third kappa shape index (κ3) is 1.13. The standard InChI is InChI=1S/C7H6BrN5O/c8-4-2(6(10)14)3-5(9)11-1-12-7(3)13-4/h1H,(H2,10,14)(H3,9,11,12,13). The lowest BCUT2D eigenvalue weighted by molar-refractivity contribution is 0.100. The van der Waals surface area contributed by atoms with Crippen molar-refractivity contribution in [1.29, 1.82) is 0 Å². The van der Waals surface area contributed by atoms with Crippen molar-refractivity contribution in [2.45, 2.75) is 0 Å². The number of nitrogens with one attached hydrogen (secondary N) is 1. The number of anilines is 1. The number of nitrogen functional groups attached to an aromatic ring is 1. The highest BCUT2D eigenvalue weighted by atomic mass is 79.9. The molecule has 2 heterocycles. The Labute approximate surface area is 87.2 Å². The molecule has 0 atom stereocenters. The van der Waals surface area contributed by atoms with Crippen molar-refractivity contribution in [3.63, 3.8) is 0 Å². The molecule has 2 aliphatic rings. The van der Waals surface area contributed by atoms with E-state index < -0.39 is 5.91 Å². The summed E-state index contributed by atoms with van der Waals surface area (Å²) in [5.41, 5.74) is 11.5. The molecular weight excluding hydrogens is 250 g/mol. The van der Waals surface area contributed by atoms with Gasteiger partial charge in [0.1, 0.15) is 16.2 Å². The number of nitrogens with zero attached hydrogens (tertiary/aromatic N) is 2. The van der Waals surface area contributed by atoms with Gasteiger partial charge in [-0.05, 0) is 15.9 Å². The van der Waals surface area contributed by atoms with Gasteiger partial charge in [-0.25, -0.2) is 9.97 Å². The number of nitrogens with two attached hydrogens (primary N) is 2. The van der Waals surface area contributed by atoms with Crippen LogP contribution >= 0.6 is 15.9 Å². The fraction of sp³-hybridized carbons (Fsp3) is 0. The van der Waals surface area contributed by atoms with Crippen LogP contribution in [0.25, 0.3) is 11.4 Å². The molecule has 0 spiro atoms. The molecule has 6 nitrogen and oxygen atoms in total. The maximum atomic E-state index is 11.1. The predicted octanol–water partition coefficient (Wildman–Crippen LogP) is 0.353. The van der Waals surface area contributed by atoms with E-state index in [9.17, 15) is 4.79 Å².